The van der Waals surface area contributed by atoms with Gasteiger partial charge >= 0.3 is 0 Å². The third-order valence-corrected chi connectivity index (χ3v) is 5.52. The van der Waals surface area contributed by atoms with E-state index in [0.717, 1.165) is 41.1 Å². The fourth-order valence-electron chi connectivity index (χ4n) is 3.84. The highest BCUT2D eigenvalue weighted by molar-refractivity contribution is 5.94. The first kappa shape index (κ1) is 21.6. The van der Waals surface area contributed by atoms with Crippen molar-refractivity contribution in [3.05, 3.63) is 95.3 Å². The summed E-state index contributed by atoms with van der Waals surface area (Å²) in [6, 6.07) is 23.6. The minimum atomic E-state index is -0.228. The molecule has 0 spiro atoms. The number of para-hydroxylation sites is 2. The maximum Gasteiger partial charge on any atom is 0.251 e. The van der Waals surface area contributed by atoms with Crippen LogP contribution in [-0.2, 0) is 6.54 Å². The number of hydrogen-bond acceptors (Lipinski definition) is 3. The van der Waals surface area contributed by atoms with Crippen LogP contribution in [-0.4, -0.2) is 22.1 Å². The predicted octanol–water partition coefficient (Wildman–Crippen LogP) is 5.61. The van der Waals surface area contributed by atoms with E-state index in [2.05, 4.69) is 35.0 Å². The molecule has 4 rings (SSSR count). The lowest BCUT2D eigenvalue weighted by Crippen LogP contribution is -2.29. The van der Waals surface area contributed by atoms with Crippen molar-refractivity contribution in [3.63, 3.8) is 0 Å². The zero-order chi connectivity index (χ0) is 22.5. The van der Waals surface area contributed by atoms with Gasteiger partial charge in [0, 0.05) is 12.1 Å². The molecule has 1 N–H and O–H groups in total. The SMILES string of the molecule is Cc1ccc(OCCCn2c(C(C)NC(=O)c3cccc(C)c3)nc3ccccc32)cc1. The van der Waals surface area contributed by atoms with Gasteiger partial charge in [0.25, 0.3) is 5.91 Å². The van der Waals surface area contributed by atoms with Crippen molar-refractivity contribution < 1.29 is 9.53 Å². The molecule has 1 aromatic heterocycles. The number of aromatic nitrogens is 2. The molecule has 4 aromatic rings. The molecule has 0 saturated carbocycles. The predicted molar refractivity (Wildman–Crippen MR) is 128 cm³/mol. The van der Waals surface area contributed by atoms with Crippen LogP contribution in [0.15, 0.2) is 72.8 Å². The lowest BCUT2D eigenvalue weighted by atomic mass is 10.1. The third-order valence-electron chi connectivity index (χ3n) is 5.52. The molecular weight excluding hydrogens is 398 g/mol. The fraction of sp³-hybridized carbons (Fsp3) is 0.259. The number of amides is 1. The lowest BCUT2D eigenvalue weighted by molar-refractivity contribution is 0.0937. The Hall–Kier alpha value is -3.60. The van der Waals surface area contributed by atoms with Crippen LogP contribution < -0.4 is 10.1 Å². The number of aryl methyl sites for hydroxylation is 3. The summed E-state index contributed by atoms with van der Waals surface area (Å²) in [7, 11) is 0. The van der Waals surface area contributed by atoms with E-state index in [9.17, 15) is 4.79 Å². The van der Waals surface area contributed by atoms with Crippen LogP contribution in [0.5, 0.6) is 5.75 Å². The maximum atomic E-state index is 12.8. The van der Waals surface area contributed by atoms with Gasteiger partial charge in [-0.25, -0.2) is 4.98 Å². The first-order valence-corrected chi connectivity index (χ1v) is 11.0. The number of ether oxygens (including phenoxy) is 1. The van der Waals surface area contributed by atoms with Gasteiger partial charge in [-0.15, -0.1) is 0 Å². The average molecular weight is 428 g/mol. The summed E-state index contributed by atoms with van der Waals surface area (Å²) in [5.41, 5.74) is 4.93. The molecule has 1 heterocycles. The van der Waals surface area contributed by atoms with Crippen molar-refractivity contribution in [2.75, 3.05) is 6.61 Å². The van der Waals surface area contributed by atoms with Gasteiger partial charge in [-0.05, 0) is 63.6 Å². The van der Waals surface area contributed by atoms with E-state index in [1.807, 2.05) is 68.4 Å². The zero-order valence-corrected chi connectivity index (χ0v) is 18.8. The Morgan fingerprint density at radius 3 is 2.56 bits per heavy atom. The Bertz CT molecular complexity index is 1210. The maximum absolute atomic E-state index is 12.8. The van der Waals surface area contributed by atoms with E-state index in [1.54, 1.807) is 0 Å². The first-order chi connectivity index (χ1) is 15.5. The number of hydrogen-bond donors (Lipinski definition) is 1. The number of fused-ring (bicyclic) bond motifs is 1. The molecule has 5 nitrogen and oxygen atoms in total. The van der Waals surface area contributed by atoms with Crippen LogP contribution in [0, 0.1) is 13.8 Å². The van der Waals surface area contributed by atoms with Gasteiger partial charge in [0.15, 0.2) is 0 Å². The molecule has 0 aliphatic rings. The molecular formula is C27H29N3O2. The highest BCUT2D eigenvalue weighted by atomic mass is 16.5. The normalized spacial score (nSPS) is 12.0. The molecule has 32 heavy (non-hydrogen) atoms. The van der Waals surface area contributed by atoms with Crippen LogP contribution >= 0.6 is 0 Å². The second kappa shape index (κ2) is 9.69. The van der Waals surface area contributed by atoms with E-state index in [-0.39, 0.29) is 11.9 Å². The molecule has 5 heteroatoms. The Labute approximate surface area is 189 Å². The molecule has 0 bridgehead atoms. The lowest BCUT2D eigenvalue weighted by Gasteiger charge is -2.17. The van der Waals surface area contributed by atoms with Crippen molar-refractivity contribution in [3.8, 4) is 5.75 Å². The Morgan fingerprint density at radius 2 is 1.78 bits per heavy atom. The molecule has 164 valence electrons. The quantitative estimate of drug-likeness (QED) is 0.372. The molecule has 1 atom stereocenters. The molecule has 1 amide bonds. The average Bonchev–Trinajstić information content (AvgIpc) is 3.16. The van der Waals surface area contributed by atoms with E-state index >= 15 is 0 Å². The number of imidazole rings is 1. The highest BCUT2D eigenvalue weighted by Crippen LogP contribution is 2.22. The van der Waals surface area contributed by atoms with E-state index < -0.39 is 0 Å². The molecule has 0 radical (unpaired) electrons. The summed E-state index contributed by atoms with van der Waals surface area (Å²) in [4.78, 5) is 17.6. The number of nitrogens with one attached hydrogen (secondary N) is 1. The molecule has 0 fully saturated rings. The second-order valence-electron chi connectivity index (χ2n) is 8.19. The topological polar surface area (TPSA) is 56.1 Å². The van der Waals surface area contributed by atoms with Crippen LogP contribution in [0.1, 0.15) is 46.7 Å². The van der Waals surface area contributed by atoms with Crippen molar-refractivity contribution in [2.24, 2.45) is 0 Å². The summed E-state index contributed by atoms with van der Waals surface area (Å²) < 4.78 is 8.09. The Kier molecular flexibility index (Phi) is 6.55. The summed E-state index contributed by atoms with van der Waals surface area (Å²) >= 11 is 0. The van der Waals surface area contributed by atoms with Crippen LogP contribution in [0.4, 0.5) is 0 Å². The largest absolute Gasteiger partial charge is 0.494 e. The third kappa shape index (κ3) is 4.99. The number of benzene rings is 3. The van der Waals surface area contributed by atoms with Gasteiger partial charge in [0.1, 0.15) is 11.6 Å². The van der Waals surface area contributed by atoms with Crippen LogP contribution in [0.25, 0.3) is 11.0 Å². The van der Waals surface area contributed by atoms with Crippen molar-refractivity contribution in [1.29, 1.82) is 0 Å². The summed E-state index contributed by atoms with van der Waals surface area (Å²) in [6.45, 7) is 7.40. The molecule has 0 saturated heterocycles. The van der Waals surface area contributed by atoms with Gasteiger partial charge in [-0.1, -0.05) is 47.5 Å². The zero-order valence-electron chi connectivity index (χ0n) is 18.8. The Morgan fingerprint density at radius 1 is 1.00 bits per heavy atom. The smallest absolute Gasteiger partial charge is 0.251 e. The van der Waals surface area contributed by atoms with Crippen molar-refractivity contribution >= 4 is 16.9 Å². The monoisotopic (exact) mass is 427 g/mol. The number of carbonyl (C=O) groups is 1. The number of carbonyl (C=O) groups excluding carboxylic acids is 1. The van der Waals surface area contributed by atoms with E-state index in [0.29, 0.717) is 12.2 Å². The van der Waals surface area contributed by atoms with Gasteiger partial charge in [0.05, 0.1) is 23.7 Å². The summed E-state index contributed by atoms with van der Waals surface area (Å²) in [5, 5.41) is 3.11. The summed E-state index contributed by atoms with van der Waals surface area (Å²) in [6.07, 6.45) is 0.833. The van der Waals surface area contributed by atoms with Gasteiger partial charge < -0.3 is 14.6 Å². The van der Waals surface area contributed by atoms with Gasteiger partial charge in [-0.2, -0.15) is 0 Å². The molecule has 1 unspecified atom stereocenters. The van der Waals surface area contributed by atoms with Crippen LogP contribution in [0.2, 0.25) is 0 Å². The second-order valence-corrected chi connectivity index (χ2v) is 8.19. The molecule has 0 aliphatic carbocycles. The van der Waals surface area contributed by atoms with Crippen molar-refractivity contribution in [1.82, 2.24) is 14.9 Å². The van der Waals surface area contributed by atoms with Gasteiger partial charge in [0.2, 0.25) is 0 Å². The minimum Gasteiger partial charge on any atom is -0.494 e. The molecule has 0 aliphatic heterocycles. The summed E-state index contributed by atoms with van der Waals surface area (Å²) in [5.74, 6) is 1.63. The van der Waals surface area contributed by atoms with Crippen LogP contribution in [0.3, 0.4) is 0 Å². The Balaban J connectivity index is 1.48. The van der Waals surface area contributed by atoms with E-state index in [1.165, 1.54) is 5.56 Å². The number of nitrogens with zero attached hydrogens (tertiary/aromatic N) is 2. The number of rotatable bonds is 8. The van der Waals surface area contributed by atoms with E-state index in [4.69, 9.17) is 9.72 Å². The fourth-order valence-corrected chi connectivity index (χ4v) is 3.84. The van der Waals surface area contributed by atoms with Crippen molar-refractivity contribution in [2.45, 2.75) is 39.8 Å². The first-order valence-electron chi connectivity index (χ1n) is 11.0. The highest BCUT2D eigenvalue weighted by Gasteiger charge is 2.19. The standard InChI is InChI=1S/C27H29N3O2/c1-19-12-14-23(15-13-19)32-17-7-16-30-25-11-5-4-10-24(25)29-26(30)21(3)28-27(31)22-9-6-8-20(2)18-22/h4-6,8-15,18,21H,7,16-17H2,1-3H3,(H,28,31). The van der Waals surface area contributed by atoms with Gasteiger partial charge in [-0.3, -0.25) is 4.79 Å². The minimum absolute atomic E-state index is 0.0949. The molecule has 3 aromatic carbocycles.